The van der Waals surface area contributed by atoms with Crippen molar-refractivity contribution in [3.8, 4) is 0 Å². The summed E-state index contributed by atoms with van der Waals surface area (Å²) in [5.74, 6) is 0.584. The largest absolute Gasteiger partial charge is 0.501 e. The molecule has 0 atom stereocenters. The van der Waals surface area contributed by atoms with Crippen molar-refractivity contribution in [1.82, 2.24) is 0 Å². The quantitative estimate of drug-likeness (QED) is 0.604. The number of hydrogen-bond acceptors (Lipinski definition) is 3. The zero-order valence-electron chi connectivity index (χ0n) is 7.55. The van der Waals surface area contributed by atoms with Crippen LogP contribution in [0.2, 0.25) is 0 Å². The second-order valence-electron chi connectivity index (χ2n) is 2.68. The minimum atomic E-state index is -0.216. The molecule has 1 aliphatic carbocycles. The van der Waals surface area contributed by atoms with Gasteiger partial charge in [0.15, 0.2) is 0 Å². The molecule has 0 unspecified atom stereocenters. The first-order chi connectivity index (χ1) is 5.79. The SMILES string of the molecule is CCOC(=O)C1=C(OC)CCC1. The van der Waals surface area contributed by atoms with Gasteiger partial charge in [-0.05, 0) is 19.8 Å². The second-order valence-corrected chi connectivity index (χ2v) is 2.68. The lowest BCUT2D eigenvalue weighted by Gasteiger charge is -2.04. The minimum absolute atomic E-state index is 0.216. The summed E-state index contributed by atoms with van der Waals surface area (Å²) in [7, 11) is 1.60. The molecule has 0 aliphatic heterocycles. The summed E-state index contributed by atoms with van der Waals surface area (Å²) < 4.78 is 9.95. The van der Waals surface area contributed by atoms with Gasteiger partial charge in [0, 0.05) is 6.42 Å². The molecule has 0 aromatic heterocycles. The van der Waals surface area contributed by atoms with Gasteiger partial charge < -0.3 is 9.47 Å². The van der Waals surface area contributed by atoms with E-state index in [2.05, 4.69) is 0 Å². The zero-order chi connectivity index (χ0) is 8.97. The number of allylic oxidation sites excluding steroid dienone is 1. The van der Waals surface area contributed by atoms with Gasteiger partial charge in [0.2, 0.25) is 0 Å². The maximum atomic E-state index is 11.3. The lowest BCUT2D eigenvalue weighted by Crippen LogP contribution is -2.07. The van der Waals surface area contributed by atoms with Crippen LogP contribution in [0, 0.1) is 0 Å². The second kappa shape index (κ2) is 4.14. The minimum Gasteiger partial charge on any atom is -0.501 e. The van der Waals surface area contributed by atoms with Gasteiger partial charge >= 0.3 is 5.97 Å². The number of ether oxygens (including phenoxy) is 2. The summed E-state index contributed by atoms with van der Waals surface area (Å²) in [6.07, 6.45) is 2.66. The fourth-order valence-corrected chi connectivity index (χ4v) is 1.38. The van der Waals surface area contributed by atoms with Crippen LogP contribution in [0.3, 0.4) is 0 Å². The Hall–Kier alpha value is -0.990. The lowest BCUT2D eigenvalue weighted by atomic mass is 10.2. The highest BCUT2D eigenvalue weighted by Crippen LogP contribution is 2.26. The summed E-state index contributed by atoms with van der Waals surface area (Å²) in [4.78, 5) is 11.3. The average molecular weight is 170 g/mol. The topological polar surface area (TPSA) is 35.5 Å². The van der Waals surface area contributed by atoms with E-state index in [0.29, 0.717) is 6.61 Å². The highest BCUT2D eigenvalue weighted by molar-refractivity contribution is 5.89. The van der Waals surface area contributed by atoms with Crippen LogP contribution in [0.1, 0.15) is 26.2 Å². The lowest BCUT2D eigenvalue weighted by molar-refractivity contribution is -0.138. The highest BCUT2D eigenvalue weighted by atomic mass is 16.5. The Labute approximate surface area is 72.4 Å². The first-order valence-electron chi connectivity index (χ1n) is 4.22. The summed E-state index contributed by atoms with van der Waals surface area (Å²) in [5, 5.41) is 0. The van der Waals surface area contributed by atoms with Gasteiger partial charge in [-0.2, -0.15) is 0 Å². The number of esters is 1. The number of carbonyl (C=O) groups is 1. The van der Waals surface area contributed by atoms with E-state index < -0.39 is 0 Å². The molecule has 0 aromatic carbocycles. The fourth-order valence-electron chi connectivity index (χ4n) is 1.38. The first-order valence-corrected chi connectivity index (χ1v) is 4.22. The standard InChI is InChI=1S/C9H14O3/c1-3-12-9(10)7-5-4-6-8(7)11-2/h3-6H2,1-2H3. The molecule has 0 N–H and O–H groups in total. The predicted molar refractivity (Wildman–Crippen MR) is 44.5 cm³/mol. The number of methoxy groups -OCH3 is 1. The maximum absolute atomic E-state index is 11.3. The van der Waals surface area contributed by atoms with Crippen LogP contribution in [-0.4, -0.2) is 19.7 Å². The number of rotatable bonds is 3. The molecule has 68 valence electrons. The Morgan fingerprint density at radius 2 is 2.25 bits per heavy atom. The van der Waals surface area contributed by atoms with Crippen LogP contribution < -0.4 is 0 Å². The van der Waals surface area contributed by atoms with Crippen molar-refractivity contribution in [3.63, 3.8) is 0 Å². The van der Waals surface area contributed by atoms with Gasteiger partial charge in [0.05, 0.1) is 19.3 Å². The van der Waals surface area contributed by atoms with Crippen molar-refractivity contribution < 1.29 is 14.3 Å². The molecule has 0 saturated carbocycles. The van der Waals surface area contributed by atoms with E-state index >= 15 is 0 Å². The predicted octanol–water partition coefficient (Wildman–Crippen LogP) is 1.63. The van der Waals surface area contributed by atoms with Gasteiger partial charge in [-0.1, -0.05) is 0 Å². The molecule has 3 heteroatoms. The van der Waals surface area contributed by atoms with E-state index in [1.165, 1.54) is 0 Å². The van der Waals surface area contributed by atoms with Crippen molar-refractivity contribution in [1.29, 1.82) is 0 Å². The molecule has 0 radical (unpaired) electrons. The number of carbonyl (C=O) groups excluding carboxylic acids is 1. The molecule has 1 rings (SSSR count). The molecule has 0 spiro atoms. The van der Waals surface area contributed by atoms with Gasteiger partial charge in [-0.15, -0.1) is 0 Å². The molecule has 12 heavy (non-hydrogen) atoms. The van der Waals surface area contributed by atoms with Gasteiger partial charge in [0.25, 0.3) is 0 Å². The third-order valence-electron chi connectivity index (χ3n) is 1.94. The Kier molecular flexibility index (Phi) is 3.14. The summed E-state index contributed by atoms with van der Waals surface area (Å²) >= 11 is 0. The molecular weight excluding hydrogens is 156 g/mol. The third-order valence-corrected chi connectivity index (χ3v) is 1.94. The molecule has 0 heterocycles. The summed E-state index contributed by atoms with van der Waals surface area (Å²) in [5.41, 5.74) is 0.722. The highest BCUT2D eigenvalue weighted by Gasteiger charge is 2.22. The third kappa shape index (κ3) is 1.78. The van der Waals surface area contributed by atoms with Crippen molar-refractivity contribution in [2.24, 2.45) is 0 Å². The fraction of sp³-hybridized carbons (Fsp3) is 0.667. The Morgan fingerprint density at radius 3 is 2.83 bits per heavy atom. The van der Waals surface area contributed by atoms with E-state index in [9.17, 15) is 4.79 Å². The molecule has 3 nitrogen and oxygen atoms in total. The molecule has 0 saturated heterocycles. The average Bonchev–Trinajstić information content (AvgIpc) is 2.51. The normalized spacial score (nSPS) is 16.5. The van der Waals surface area contributed by atoms with E-state index in [1.807, 2.05) is 0 Å². The maximum Gasteiger partial charge on any atom is 0.337 e. The van der Waals surface area contributed by atoms with Crippen LogP contribution >= 0.6 is 0 Å². The van der Waals surface area contributed by atoms with Crippen LogP contribution in [0.5, 0.6) is 0 Å². The van der Waals surface area contributed by atoms with Crippen LogP contribution in [0.4, 0.5) is 0 Å². The first kappa shape index (κ1) is 9.10. The molecule has 0 bridgehead atoms. The van der Waals surface area contributed by atoms with E-state index in [0.717, 1.165) is 30.6 Å². The van der Waals surface area contributed by atoms with Crippen LogP contribution in [0.25, 0.3) is 0 Å². The Bertz CT molecular complexity index is 206. The molecule has 0 fully saturated rings. The smallest absolute Gasteiger partial charge is 0.337 e. The van der Waals surface area contributed by atoms with E-state index in [1.54, 1.807) is 14.0 Å². The molecule has 1 aliphatic rings. The van der Waals surface area contributed by atoms with Gasteiger partial charge in [0.1, 0.15) is 5.76 Å². The Morgan fingerprint density at radius 1 is 1.50 bits per heavy atom. The zero-order valence-corrected chi connectivity index (χ0v) is 7.55. The summed E-state index contributed by atoms with van der Waals surface area (Å²) in [6.45, 7) is 2.24. The van der Waals surface area contributed by atoms with Crippen LogP contribution in [0.15, 0.2) is 11.3 Å². The van der Waals surface area contributed by atoms with E-state index in [4.69, 9.17) is 9.47 Å². The van der Waals surface area contributed by atoms with Crippen molar-refractivity contribution in [2.45, 2.75) is 26.2 Å². The molecule has 0 aromatic rings. The van der Waals surface area contributed by atoms with E-state index in [-0.39, 0.29) is 5.97 Å². The van der Waals surface area contributed by atoms with Crippen LogP contribution in [-0.2, 0) is 14.3 Å². The molecular formula is C9H14O3. The van der Waals surface area contributed by atoms with Crippen molar-refractivity contribution in [2.75, 3.05) is 13.7 Å². The van der Waals surface area contributed by atoms with Gasteiger partial charge in [-0.25, -0.2) is 4.79 Å². The number of hydrogen-bond donors (Lipinski definition) is 0. The Balaban J connectivity index is 2.65. The van der Waals surface area contributed by atoms with Crippen molar-refractivity contribution in [3.05, 3.63) is 11.3 Å². The van der Waals surface area contributed by atoms with Gasteiger partial charge in [-0.3, -0.25) is 0 Å². The molecule has 0 amide bonds. The van der Waals surface area contributed by atoms with Crippen molar-refractivity contribution >= 4 is 5.97 Å². The summed E-state index contributed by atoms with van der Waals surface area (Å²) in [6, 6.07) is 0. The monoisotopic (exact) mass is 170 g/mol.